The molecule has 0 aliphatic heterocycles. The monoisotopic (exact) mass is 273 g/mol. The van der Waals surface area contributed by atoms with E-state index in [-0.39, 0.29) is 5.91 Å². The Morgan fingerprint density at radius 2 is 2.20 bits per heavy atom. The molecule has 106 valence electrons. The quantitative estimate of drug-likeness (QED) is 0.815. The van der Waals surface area contributed by atoms with E-state index in [2.05, 4.69) is 10.4 Å². The van der Waals surface area contributed by atoms with Gasteiger partial charge in [-0.2, -0.15) is 5.10 Å². The maximum atomic E-state index is 12.1. The minimum Gasteiger partial charge on any atom is -0.397 e. The first kappa shape index (κ1) is 13.9. The SMILES string of the molecule is CN(C)c1ccc(C(=O)NCc2cnn(C)c2)cc1N. The van der Waals surface area contributed by atoms with E-state index in [0.717, 1.165) is 11.3 Å². The van der Waals surface area contributed by atoms with Gasteiger partial charge in [-0.25, -0.2) is 0 Å². The summed E-state index contributed by atoms with van der Waals surface area (Å²) in [6.07, 6.45) is 3.59. The number of aromatic nitrogens is 2. The standard InChI is InChI=1S/C14H19N5O/c1-18(2)13-5-4-11(6-12(13)15)14(20)16-7-10-8-17-19(3)9-10/h4-6,8-9H,7,15H2,1-3H3,(H,16,20). The first-order valence-corrected chi connectivity index (χ1v) is 6.30. The van der Waals surface area contributed by atoms with Gasteiger partial charge in [0.1, 0.15) is 0 Å². The highest BCUT2D eigenvalue weighted by Gasteiger charge is 2.09. The summed E-state index contributed by atoms with van der Waals surface area (Å²) in [5.74, 6) is -0.147. The molecule has 0 saturated heterocycles. The predicted molar refractivity (Wildman–Crippen MR) is 79.6 cm³/mol. The van der Waals surface area contributed by atoms with Crippen molar-refractivity contribution in [2.75, 3.05) is 24.7 Å². The number of nitrogens with two attached hydrogens (primary N) is 1. The van der Waals surface area contributed by atoms with Crippen LogP contribution in [-0.2, 0) is 13.6 Å². The van der Waals surface area contributed by atoms with E-state index in [4.69, 9.17) is 5.73 Å². The molecule has 0 aliphatic carbocycles. The summed E-state index contributed by atoms with van der Waals surface area (Å²) in [6, 6.07) is 5.30. The number of amides is 1. The van der Waals surface area contributed by atoms with Gasteiger partial charge >= 0.3 is 0 Å². The fraction of sp³-hybridized carbons (Fsp3) is 0.286. The number of anilines is 2. The zero-order valence-electron chi connectivity index (χ0n) is 11.9. The third-order valence-corrected chi connectivity index (χ3v) is 2.98. The lowest BCUT2D eigenvalue weighted by Crippen LogP contribution is -2.23. The molecule has 2 aromatic rings. The molecular formula is C14H19N5O. The second kappa shape index (κ2) is 5.64. The second-order valence-electron chi connectivity index (χ2n) is 4.87. The van der Waals surface area contributed by atoms with Gasteiger partial charge in [0.05, 0.1) is 17.6 Å². The van der Waals surface area contributed by atoms with Crippen molar-refractivity contribution in [1.29, 1.82) is 0 Å². The number of hydrogen-bond acceptors (Lipinski definition) is 4. The van der Waals surface area contributed by atoms with Crippen molar-refractivity contribution in [3.8, 4) is 0 Å². The van der Waals surface area contributed by atoms with Crippen LogP contribution in [0.2, 0.25) is 0 Å². The molecule has 0 unspecified atom stereocenters. The zero-order chi connectivity index (χ0) is 14.7. The molecule has 0 fully saturated rings. The van der Waals surface area contributed by atoms with Gasteiger partial charge in [-0.05, 0) is 18.2 Å². The van der Waals surface area contributed by atoms with Crippen molar-refractivity contribution < 1.29 is 4.79 Å². The first-order chi connectivity index (χ1) is 9.47. The number of benzene rings is 1. The highest BCUT2D eigenvalue weighted by atomic mass is 16.1. The lowest BCUT2D eigenvalue weighted by Gasteiger charge is -2.15. The summed E-state index contributed by atoms with van der Waals surface area (Å²) in [7, 11) is 5.66. The summed E-state index contributed by atoms with van der Waals surface area (Å²) in [6.45, 7) is 0.446. The summed E-state index contributed by atoms with van der Waals surface area (Å²) < 4.78 is 1.70. The average molecular weight is 273 g/mol. The molecule has 1 heterocycles. The lowest BCUT2D eigenvalue weighted by molar-refractivity contribution is 0.0951. The number of carbonyl (C=O) groups is 1. The van der Waals surface area contributed by atoms with E-state index < -0.39 is 0 Å². The minimum absolute atomic E-state index is 0.147. The van der Waals surface area contributed by atoms with Gasteiger partial charge in [0, 0.05) is 45.0 Å². The number of carbonyl (C=O) groups excluding carboxylic acids is 1. The third-order valence-electron chi connectivity index (χ3n) is 2.98. The number of aryl methyl sites for hydroxylation is 1. The fourth-order valence-electron chi connectivity index (χ4n) is 1.95. The van der Waals surface area contributed by atoms with Crippen LogP contribution in [0.5, 0.6) is 0 Å². The molecule has 6 heteroatoms. The summed E-state index contributed by atoms with van der Waals surface area (Å²) in [4.78, 5) is 14.0. The molecule has 0 saturated carbocycles. The zero-order valence-corrected chi connectivity index (χ0v) is 11.9. The van der Waals surface area contributed by atoms with Gasteiger partial charge in [0.15, 0.2) is 0 Å². The molecule has 1 amide bonds. The molecule has 0 spiro atoms. The Labute approximate surface area is 118 Å². The van der Waals surface area contributed by atoms with E-state index >= 15 is 0 Å². The van der Waals surface area contributed by atoms with E-state index in [1.165, 1.54) is 0 Å². The molecule has 1 aromatic heterocycles. The van der Waals surface area contributed by atoms with Crippen molar-refractivity contribution >= 4 is 17.3 Å². The van der Waals surface area contributed by atoms with Gasteiger partial charge in [0.2, 0.25) is 0 Å². The molecule has 0 aliphatic rings. The van der Waals surface area contributed by atoms with Gasteiger partial charge in [-0.1, -0.05) is 0 Å². The van der Waals surface area contributed by atoms with E-state index in [9.17, 15) is 4.79 Å². The third kappa shape index (κ3) is 3.09. The summed E-state index contributed by atoms with van der Waals surface area (Å²) in [5.41, 5.74) is 8.93. The molecule has 20 heavy (non-hydrogen) atoms. The maximum absolute atomic E-state index is 12.1. The van der Waals surface area contributed by atoms with Crippen LogP contribution in [0, 0.1) is 0 Å². The van der Waals surface area contributed by atoms with Crippen LogP contribution in [0.15, 0.2) is 30.6 Å². The smallest absolute Gasteiger partial charge is 0.251 e. The van der Waals surface area contributed by atoms with Crippen LogP contribution in [0.4, 0.5) is 11.4 Å². The molecule has 0 atom stereocenters. The molecular weight excluding hydrogens is 254 g/mol. The van der Waals surface area contributed by atoms with Gasteiger partial charge in [-0.3, -0.25) is 9.48 Å². The number of nitrogens with one attached hydrogen (secondary N) is 1. The molecule has 1 aromatic carbocycles. The summed E-state index contributed by atoms with van der Waals surface area (Å²) >= 11 is 0. The van der Waals surface area contributed by atoms with Crippen molar-refractivity contribution in [3.05, 3.63) is 41.7 Å². The van der Waals surface area contributed by atoms with Crippen LogP contribution in [-0.4, -0.2) is 29.8 Å². The predicted octanol–water partition coefficient (Wildman–Crippen LogP) is 0.998. The first-order valence-electron chi connectivity index (χ1n) is 6.30. The highest BCUT2D eigenvalue weighted by Crippen LogP contribution is 2.22. The van der Waals surface area contributed by atoms with E-state index in [1.54, 1.807) is 23.0 Å². The van der Waals surface area contributed by atoms with Crippen molar-refractivity contribution in [3.63, 3.8) is 0 Å². The Hall–Kier alpha value is -2.50. The fourth-order valence-corrected chi connectivity index (χ4v) is 1.95. The van der Waals surface area contributed by atoms with Crippen LogP contribution in [0.3, 0.4) is 0 Å². The van der Waals surface area contributed by atoms with Gasteiger partial charge in [-0.15, -0.1) is 0 Å². The van der Waals surface area contributed by atoms with Crippen LogP contribution >= 0.6 is 0 Å². The largest absolute Gasteiger partial charge is 0.397 e. The van der Waals surface area contributed by atoms with Crippen LogP contribution in [0.1, 0.15) is 15.9 Å². The minimum atomic E-state index is -0.147. The normalized spacial score (nSPS) is 10.3. The van der Waals surface area contributed by atoms with Gasteiger partial charge in [0.25, 0.3) is 5.91 Å². The highest BCUT2D eigenvalue weighted by molar-refractivity contribution is 5.96. The Morgan fingerprint density at radius 3 is 2.75 bits per heavy atom. The van der Waals surface area contributed by atoms with Crippen LogP contribution in [0.25, 0.3) is 0 Å². The van der Waals surface area contributed by atoms with E-state index in [1.807, 2.05) is 38.3 Å². The molecule has 0 bridgehead atoms. The molecule has 2 rings (SSSR count). The molecule has 0 radical (unpaired) electrons. The Balaban J connectivity index is 2.04. The number of rotatable bonds is 4. The second-order valence-corrected chi connectivity index (χ2v) is 4.87. The number of hydrogen-bond donors (Lipinski definition) is 2. The molecule has 3 N–H and O–H groups in total. The van der Waals surface area contributed by atoms with Crippen molar-refractivity contribution in [2.24, 2.45) is 7.05 Å². The van der Waals surface area contributed by atoms with Crippen molar-refractivity contribution in [2.45, 2.75) is 6.54 Å². The maximum Gasteiger partial charge on any atom is 0.251 e. The Bertz CT molecular complexity index is 618. The summed E-state index contributed by atoms with van der Waals surface area (Å²) in [5, 5.41) is 6.90. The number of nitrogen functional groups attached to an aromatic ring is 1. The van der Waals surface area contributed by atoms with Gasteiger partial charge < -0.3 is 16.0 Å². The number of nitrogens with zero attached hydrogens (tertiary/aromatic N) is 3. The molecule has 6 nitrogen and oxygen atoms in total. The average Bonchev–Trinajstić information content (AvgIpc) is 2.81. The van der Waals surface area contributed by atoms with E-state index in [0.29, 0.717) is 17.8 Å². The topological polar surface area (TPSA) is 76.2 Å². The lowest BCUT2D eigenvalue weighted by atomic mass is 10.1. The Morgan fingerprint density at radius 1 is 1.45 bits per heavy atom. The van der Waals surface area contributed by atoms with Crippen LogP contribution < -0.4 is 16.0 Å². The Kier molecular flexibility index (Phi) is 3.93. The van der Waals surface area contributed by atoms with Crippen molar-refractivity contribution in [1.82, 2.24) is 15.1 Å².